The highest BCUT2D eigenvalue weighted by atomic mass is 16.5. The van der Waals surface area contributed by atoms with Gasteiger partial charge in [-0.25, -0.2) is 0 Å². The van der Waals surface area contributed by atoms with E-state index in [1.807, 2.05) is 0 Å². The van der Waals surface area contributed by atoms with Gasteiger partial charge in [0, 0.05) is 17.5 Å². The van der Waals surface area contributed by atoms with Gasteiger partial charge in [-0.05, 0) is 31.7 Å². The van der Waals surface area contributed by atoms with Gasteiger partial charge in [0.25, 0.3) is 0 Å². The molecule has 0 aromatic heterocycles. The van der Waals surface area contributed by atoms with Gasteiger partial charge in [0.1, 0.15) is 0 Å². The van der Waals surface area contributed by atoms with Crippen LogP contribution in [0.1, 0.15) is 37.3 Å². The summed E-state index contributed by atoms with van der Waals surface area (Å²) in [5.74, 6) is -0.167. The highest BCUT2D eigenvalue weighted by Gasteiger charge is 2.53. The first-order chi connectivity index (χ1) is 9.54. The summed E-state index contributed by atoms with van der Waals surface area (Å²) >= 11 is 0. The minimum Gasteiger partial charge on any atom is -0.469 e. The number of hydrogen-bond acceptors (Lipinski definition) is 3. The van der Waals surface area contributed by atoms with Gasteiger partial charge in [-0.1, -0.05) is 36.8 Å². The fourth-order valence-corrected chi connectivity index (χ4v) is 4.14. The lowest BCUT2D eigenvalue weighted by Gasteiger charge is -2.44. The zero-order valence-corrected chi connectivity index (χ0v) is 12.5. The first-order valence-corrected chi connectivity index (χ1v) is 7.45. The molecule has 2 fully saturated rings. The van der Waals surface area contributed by atoms with E-state index in [-0.39, 0.29) is 23.3 Å². The topological polar surface area (TPSA) is 38.3 Å². The second-order valence-electron chi connectivity index (χ2n) is 6.54. The zero-order valence-electron chi connectivity index (χ0n) is 12.5. The number of nitrogens with one attached hydrogen (secondary N) is 1. The van der Waals surface area contributed by atoms with Gasteiger partial charge in [-0.15, -0.1) is 0 Å². The summed E-state index contributed by atoms with van der Waals surface area (Å²) in [5, 5.41) is 3.59. The Balaban J connectivity index is 2.03. The number of piperidine rings is 1. The van der Waals surface area contributed by atoms with Gasteiger partial charge in [0.15, 0.2) is 0 Å². The van der Waals surface area contributed by atoms with E-state index >= 15 is 0 Å². The van der Waals surface area contributed by atoms with Crippen molar-refractivity contribution in [2.24, 2.45) is 5.92 Å². The maximum atomic E-state index is 12.3. The molecule has 1 aromatic carbocycles. The Kier molecular flexibility index (Phi) is 3.33. The Morgan fingerprint density at radius 2 is 2.00 bits per heavy atom. The molecule has 3 rings (SSSR count). The minimum absolute atomic E-state index is 0.0778. The molecule has 108 valence electrons. The van der Waals surface area contributed by atoms with Crippen molar-refractivity contribution in [2.75, 3.05) is 7.11 Å². The minimum atomic E-state index is -0.127. The molecule has 2 aliphatic rings. The predicted molar refractivity (Wildman–Crippen MR) is 78.6 cm³/mol. The summed E-state index contributed by atoms with van der Waals surface area (Å²) in [5.41, 5.74) is 2.39. The second kappa shape index (κ2) is 4.88. The number of ether oxygens (including phenoxy) is 1. The highest BCUT2D eigenvalue weighted by molar-refractivity contribution is 5.76. The van der Waals surface area contributed by atoms with E-state index in [1.165, 1.54) is 24.7 Å². The third-order valence-corrected chi connectivity index (χ3v) is 5.20. The van der Waals surface area contributed by atoms with Crippen LogP contribution in [0.25, 0.3) is 0 Å². The molecule has 0 amide bonds. The fraction of sp³-hybridized carbons (Fsp3) is 0.588. The number of rotatable bonds is 2. The van der Waals surface area contributed by atoms with Crippen molar-refractivity contribution < 1.29 is 9.53 Å². The van der Waals surface area contributed by atoms with Crippen LogP contribution in [0.15, 0.2) is 24.3 Å². The van der Waals surface area contributed by atoms with Crippen LogP contribution in [-0.2, 0) is 14.9 Å². The molecule has 2 bridgehead atoms. The normalized spacial score (nSPS) is 35.9. The molecule has 20 heavy (non-hydrogen) atoms. The van der Waals surface area contributed by atoms with Crippen molar-refractivity contribution in [3.8, 4) is 0 Å². The van der Waals surface area contributed by atoms with Crippen LogP contribution >= 0.6 is 0 Å². The highest BCUT2D eigenvalue weighted by Crippen LogP contribution is 2.47. The molecule has 1 N–H and O–H groups in total. The van der Waals surface area contributed by atoms with Gasteiger partial charge in [0.2, 0.25) is 0 Å². The van der Waals surface area contributed by atoms with Gasteiger partial charge >= 0.3 is 5.97 Å². The van der Waals surface area contributed by atoms with Crippen molar-refractivity contribution in [2.45, 2.75) is 50.6 Å². The molecule has 2 heterocycles. The molecule has 2 aliphatic heterocycles. The first-order valence-electron chi connectivity index (χ1n) is 7.45. The molecule has 3 heteroatoms. The van der Waals surface area contributed by atoms with Crippen LogP contribution in [0.3, 0.4) is 0 Å². The largest absolute Gasteiger partial charge is 0.469 e. The lowest BCUT2D eigenvalue weighted by molar-refractivity contribution is -0.150. The predicted octanol–water partition coefficient (Wildman–Crippen LogP) is 2.57. The molecule has 0 saturated carbocycles. The number of esters is 1. The van der Waals surface area contributed by atoms with E-state index in [0.29, 0.717) is 6.04 Å². The lowest BCUT2D eigenvalue weighted by Crippen LogP contribution is -2.56. The summed E-state index contributed by atoms with van der Waals surface area (Å²) in [4.78, 5) is 12.3. The number of aryl methyl sites for hydroxylation is 1. The summed E-state index contributed by atoms with van der Waals surface area (Å²) in [6.45, 7) is 4.32. The summed E-state index contributed by atoms with van der Waals surface area (Å²) in [6.07, 6.45) is 3.25. The van der Waals surface area contributed by atoms with E-state index in [9.17, 15) is 4.79 Å². The van der Waals surface area contributed by atoms with Crippen molar-refractivity contribution in [1.29, 1.82) is 0 Å². The van der Waals surface area contributed by atoms with Crippen LogP contribution in [0, 0.1) is 12.8 Å². The molecule has 0 radical (unpaired) electrons. The maximum Gasteiger partial charge on any atom is 0.311 e. The number of hydrogen-bond donors (Lipinski definition) is 1. The third kappa shape index (κ3) is 2.05. The van der Waals surface area contributed by atoms with E-state index in [0.717, 1.165) is 12.8 Å². The Bertz CT molecular complexity index is 510. The average Bonchev–Trinajstić information content (AvgIpc) is 2.81. The van der Waals surface area contributed by atoms with E-state index < -0.39 is 0 Å². The number of carbonyl (C=O) groups is 1. The van der Waals surface area contributed by atoms with E-state index in [4.69, 9.17) is 4.74 Å². The van der Waals surface area contributed by atoms with Gasteiger partial charge in [0.05, 0.1) is 13.0 Å². The average molecular weight is 273 g/mol. The van der Waals surface area contributed by atoms with E-state index in [1.54, 1.807) is 0 Å². The Morgan fingerprint density at radius 1 is 1.30 bits per heavy atom. The quantitative estimate of drug-likeness (QED) is 0.842. The summed E-state index contributed by atoms with van der Waals surface area (Å²) in [7, 11) is 1.50. The van der Waals surface area contributed by atoms with Crippen LogP contribution in [0.2, 0.25) is 0 Å². The molecule has 0 aliphatic carbocycles. The number of carbonyl (C=O) groups excluding carboxylic acids is 1. The van der Waals surface area contributed by atoms with Crippen molar-refractivity contribution in [3.05, 3.63) is 35.4 Å². The monoisotopic (exact) mass is 273 g/mol. The van der Waals surface area contributed by atoms with Gasteiger partial charge < -0.3 is 10.1 Å². The van der Waals surface area contributed by atoms with Crippen LogP contribution < -0.4 is 5.32 Å². The Morgan fingerprint density at radius 3 is 2.65 bits per heavy atom. The van der Waals surface area contributed by atoms with Crippen LogP contribution in [0.4, 0.5) is 0 Å². The Labute approximate surface area is 120 Å². The first kappa shape index (κ1) is 13.6. The molecular weight excluding hydrogens is 250 g/mol. The number of methoxy groups -OCH3 is 1. The fourth-order valence-electron chi connectivity index (χ4n) is 4.14. The molecular formula is C17H23NO2. The number of benzene rings is 1. The second-order valence-corrected chi connectivity index (χ2v) is 6.54. The molecule has 3 nitrogen and oxygen atoms in total. The molecule has 1 aromatic rings. The van der Waals surface area contributed by atoms with Crippen molar-refractivity contribution >= 4 is 5.97 Å². The molecule has 2 saturated heterocycles. The zero-order chi connectivity index (χ0) is 14.3. The lowest BCUT2D eigenvalue weighted by atomic mass is 9.64. The Hall–Kier alpha value is -1.35. The molecule has 0 spiro atoms. The smallest absolute Gasteiger partial charge is 0.311 e. The number of fused-ring (bicyclic) bond motifs is 2. The van der Waals surface area contributed by atoms with Gasteiger partial charge in [-0.3, -0.25) is 4.79 Å². The standard InChI is InChI=1S/C17H23NO2/c1-11-4-6-12(7-5-11)17(2)10-13-8-9-14(18-13)15(17)16(19)20-3/h4-7,13-15,18H,8-10H2,1-3H3. The van der Waals surface area contributed by atoms with Gasteiger partial charge in [-0.2, -0.15) is 0 Å². The van der Waals surface area contributed by atoms with Crippen LogP contribution in [-0.4, -0.2) is 25.2 Å². The van der Waals surface area contributed by atoms with Crippen molar-refractivity contribution in [3.63, 3.8) is 0 Å². The summed E-state index contributed by atoms with van der Waals surface area (Å²) in [6, 6.07) is 9.42. The summed E-state index contributed by atoms with van der Waals surface area (Å²) < 4.78 is 5.10. The maximum absolute atomic E-state index is 12.3. The van der Waals surface area contributed by atoms with Crippen LogP contribution in [0.5, 0.6) is 0 Å². The SMILES string of the molecule is COC(=O)C1C2CCC(CC1(C)c1ccc(C)cc1)N2. The third-order valence-electron chi connectivity index (χ3n) is 5.20. The van der Waals surface area contributed by atoms with Crippen molar-refractivity contribution in [1.82, 2.24) is 5.32 Å². The molecule has 4 unspecified atom stereocenters. The van der Waals surface area contributed by atoms with E-state index in [2.05, 4.69) is 43.4 Å². The molecule has 4 atom stereocenters.